The molecule has 0 aliphatic heterocycles. The number of para-hydroxylation sites is 1. The van der Waals surface area contributed by atoms with Crippen LogP contribution in [0.2, 0.25) is 0 Å². The molecule has 1 aromatic heterocycles. The summed E-state index contributed by atoms with van der Waals surface area (Å²) in [6, 6.07) is 15.9. The van der Waals surface area contributed by atoms with Crippen LogP contribution in [0.4, 0.5) is 17.1 Å². The Bertz CT molecular complexity index is 771. The number of pyridine rings is 1. The molecule has 0 spiro atoms. The highest BCUT2D eigenvalue weighted by Gasteiger charge is 2.07. The Hall–Kier alpha value is -2.59. The molecule has 21 heavy (non-hydrogen) atoms. The smallest absolute Gasteiger partial charge is 0.0951 e. The van der Waals surface area contributed by atoms with Crippen molar-refractivity contribution in [2.75, 3.05) is 18.2 Å². The van der Waals surface area contributed by atoms with Crippen molar-refractivity contribution in [2.24, 2.45) is 0 Å². The van der Waals surface area contributed by atoms with Crippen LogP contribution in [0.15, 0.2) is 54.7 Å². The van der Waals surface area contributed by atoms with Crippen molar-refractivity contribution in [3.8, 4) is 0 Å². The van der Waals surface area contributed by atoms with Gasteiger partial charge in [-0.25, -0.2) is 0 Å². The lowest BCUT2D eigenvalue weighted by Crippen LogP contribution is -1.99. The summed E-state index contributed by atoms with van der Waals surface area (Å²) in [5.74, 6) is 0. The molecule has 0 radical (unpaired) electrons. The molecule has 0 saturated heterocycles. The highest BCUT2D eigenvalue weighted by atomic mass is 16.5. The molecule has 0 bridgehead atoms. The molecule has 0 unspecified atom stereocenters. The number of nitrogen functional groups attached to an aromatic ring is 1. The fraction of sp³-hybridized carbons (Fsp3) is 0.118. The third-order valence-electron chi connectivity index (χ3n) is 3.39. The summed E-state index contributed by atoms with van der Waals surface area (Å²) < 4.78 is 5.24. The maximum Gasteiger partial charge on any atom is 0.0951 e. The van der Waals surface area contributed by atoms with Crippen LogP contribution in [0.5, 0.6) is 0 Å². The van der Waals surface area contributed by atoms with Gasteiger partial charge in [0, 0.05) is 35.6 Å². The van der Waals surface area contributed by atoms with Gasteiger partial charge in [0.2, 0.25) is 0 Å². The summed E-state index contributed by atoms with van der Waals surface area (Å²) in [4.78, 5) is 4.35. The van der Waals surface area contributed by atoms with E-state index < -0.39 is 0 Å². The lowest BCUT2D eigenvalue weighted by Gasteiger charge is -2.14. The van der Waals surface area contributed by atoms with Crippen LogP contribution in [0, 0.1) is 0 Å². The monoisotopic (exact) mass is 279 g/mol. The number of nitrogens with two attached hydrogens (primary N) is 1. The third kappa shape index (κ3) is 2.66. The van der Waals surface area contributed by atoms with Gasteiger partial charge < -0.3 is 15.8 Å². The summed E-state index contributed by atoms with van der Waals surface area (Å²) in [7, 11) is 1.69. The molecule has 0 atom stereocenters. The minimum atomic E-state index is 0.564. The number of fused-ring (bicyclic) bond motifs is 1. The van der Waals surface area contributed by atoms with E-state index in [9.17, 15) is 0 Å². The number of hydrogen-bond acceptors (Lipinski definition) is 4. The Balaban J connectivity index is 2.05. The molecular weight excluding hydrogens is 262 g/mol. The molecule has 3 aromatic rings. The number of ether oxygens (including phenoxy) is 1. The highest BCUT2D eigenvalue weighted by Crippen LogP contribution is 2.30. The van der Waals surface area contributed by atoms with E-state index in [4.69, 9.17) is 10.5 Å². The van der Waals surface area contributed by atoms with E-state index in [0.717, 1.165) is 27.8 Å². The maximum absolute atomic E-state index is 5.99. The van der Waals surface area contributed by atoms with Gasteiger partial charge in [-0.15, -0.1) is 0 Å². The van der Waals surface area contributed by atoms with Crippen molar-refractivity contribution in [3.63, 3.8) is 0 Å². The lowest BCUT2D eigenvalue weighted by atomic mass is 10.1. The number of rotatable bonds is 4. The third-order valence-corrected chi connectivity index (χ3v) is 3.39. The summed E-state index contributed by atoms with van der Waals surface area (Å²) in [6.07, 6.45) is 1.75. The van der Waals surface area contributed by atoms with Crippen molar-refractivity contribution >= 4 is 28.0 Å². The summed E-state index contributed by atoms with van der Waals surface area (Å²) in [6.45, 7) is 0.564. The zero-order valence-corrected chi connectivity index (χ0v) is 11.8. The molecule has 0 aliphatic rings. The first-order valence-electron chi connectivity index (χ1n) is 6.76. The van der Waals surface area contributed by atoms with E-state index in [1.807, 2.05) is 48.5 Å². The molecule has 106 valence electrons. The van der Waals surface area contributed by atoms with Gasteiger partial charge in [0.1, 0.15) is 0 Å². The van der Waals surface area contributed by atoms with E-state index in [-0.39, 0.29) is 0 Å². The highest BCUT2D eigenvalue weighted by molar-refractivity contribution is 5.99. The first-order chi connectivity index (χ1) is 10.3. The van der Waals surface area contributed by atoms with Crippen LogP contribution >= 0.6 is 0 Å². The van der Waals surface area contributed by atoms with Crippen LogP contribution in [0.3, 0.4) is 0 Å². The largest absolute Gasteiger partial charge is 0.397 e. The minimum absolute atomic E-state index is 0.564. The van der Waals surface area contributed by atoms with Crippen LogP contribution in [-0.2, 0) is 11.3 Å². The summed E-state index contributed by atoms with van der Waals surface area (Å²) in [5, 5.41) is 4.46. The van der Waals surface area contributed by atoms with Crippen molar-refractivity contribution in [1.29, 1.82) is 0 Å². The Morgan fingerprint density at radius 2 is 1.90 bits per heavy atom. The molecule has 0 amide bonds. The van der Waals surface area contributed by atoms with Gasteiger partial charge in [0.05, 0.1) is 17.8 Å². The quantitative estimate of drug-likeness (QED) is 0.715. The first kappa shape index (κ1) is 13.4. The molecular formula is C17H17N3O. The van der Waals surface area contributed by atoms with Crippen molar-refractivity contribution < 1.29 is 4.74 Å². The fourth-order valence-corrected chi connectivity index (χ4v) is 2.37. The molecule has 3 rings (SSSR count). The van der Waals surface area contributed by atoms with Gasteiger partial charge in [-0.3, -0.25) is 4.98 Å². The molecule has 0 aliphatic carbocycles. The second-order valence-electron chi connectivity index (χ2n) is 4.82. The first-order valence-corrected chi connectivity index (χ1v) is 6.76. The number of anilines is 3. The van der Waals surface area contributed by atoms with E-state index in [1.54, 1.807) is 13.3 Å². The molecule has 2 aromatic carbocycles. The zero-order chi connectivity index (χ0) is 14.7. The maximum atomic E-state index is 5.99. The topological polar surface area (TPSA) is 60.2 Å². The second kappa shape index (κ2) is 5.81. The van der Waals surface area contributed by atoms with Gasteiger partial charge in [0.25, 0.3) is 0 Å². The fourth-order valence-electron chi connectivity index (χ4n) is 2.37. The predicted molar refractivity (Wildman–Crippen MR) is 86.6 cm³/mol. The van der Waals surface area contributed by atoms with Crippen LogP contribution in [0.25, 0.3) is 10.9 Å². The molecule has 1 heterocycles. The van der Waals surface area contributed by atoms with Crippen LogP contribution < -0.4 is 11.1 Å². The lowest BCUT2D eigenvalue weighted by molar-refractivity contribution is 0.185. The molecule has 0 saturated carbocycles. The SMILES string of the molecule is COCc1ccccc1Nc1ccc(N)c2ncccc12. The van der Waals surface area contributed by atoms with E-state index in [2.05, 4.69) is 10.3 Å². The van der Waals surface area contributed by atoms with Gasteiger partial charge in [-0.05, 0) is 30.3 Å². The van der Waals surface area contributed by atoms with Crippen LogP contribution in [0.1, 0.15) is 5.56 Å². The average molecular weight is 279 g/mol. The van der Waals surface area contributed by atoms with E-state index in [0.29, 0.717) is 12.3 Å². The average Bonchev–Trinajstić information content (AvgIpc) is 2.52. The molecule has 0 fully saturated rings. The standard InChI is InChI=1S/C17H17N3O/c1-21-11-12-5-2-3-7-15(12)20-16-9-8-14(18)17-13(16)6-4-10-19-17/h2-10,20H,11,18H2,1H3. The van der Waals surface area contributed by atoms with Gasteiger partial charge in [0.15, 0.2) is 0 Å². The Kier molecular flexibility index (Phi) is 3.71. The van der Waals surface area contributed by atoms with Crippen LogP contribution in [-0.4, -0.2) is 12.1 Å². The van der Waals surface area contributed by atoms with Gasteiger partial charge >= 0.3 is 0 Å². The number of methoxy groups -OCH3 is 1. The summed E-state index contributed by atoms with van der Waals surface area (Å²) >= 11 is 0. The zero-order valence-electron chi connectivity index (χ0n) is 11.8. The van der Waals surface area contributed by atoms with E-state index in [1.165, 1.54) is 0 Å². The van der Waals surface area contributed by atoms with E-state index >= 15 is 0 Å². The Morgan fingerprint density at radius 1 is 1.05 bits per heavy atom. The number of aromatic nitrogens is 1. The number of benzene rings is 2. The summed E-state index contributed by atoms with van der Waals surface area (Å²) in [5.41, 5.74) is 10.6. The van der Waals surface area contributed by atoms with Crippen molar-refractivity contribution in [3.05, 3.63) is 60.3 Å². The van der Waals surface area contributed by atoms with Crippen molar-refractivity contribution in [2.45, 2.75) is 6.61 Å². The van der Waals surface area contributed by atoms with Gasteiger partial charge in [-0.2, -0.15) is 0 Å². The normalized spacial score (nSPS) is 10.7. The Labute approximate surface area is 123 Å². The van der Waals surface area contributed by atoms with Crippen molar-refractivity contribution in [1.82, 2.24) is 4.98 Å². The number of nitrogens with one attached hydrogen (secondary N) is 1. The second-order valence-corrected chi connectivity index (χ2v) is 4.82. The Morgan fingerprint density at radius 3 is 2.76 bits per heavy atom. The predicted octanol–water partition coefficient (Wildman–Crippen LogP) is 3.71. The molecule has 4 heteroatoms. The number of nitrogens with zero attached hydrogens (tertiary/aromatic N) is 1. The molecule has 4 nitrogen and oxygen atoms in total. The molecule has 3 N–H and O–H groups in total. The van der Waals surface area contributed by atoms with Gasteiger partial charge in [-0.1, -0.05) is 18.2 Å². The number of hydrogen-bond donors (Lipinski definition) is 2. The minimum Gasteiger partial charge on any atom is -0.397 e.